The van der Waals surface area contributed by atoms with E-state index >= 15 is 0 Å². The molecule has 3 aromatic carbocycles. The van der Waals surface area contributed by atoms with Gasteiger partial charge < -0.3 is 14.8 Å². The largest absolute Gasteiger partial charge is 0.457 e. The maximum atomic E-state index is 12.5. The zero-order chi connectivity index (χ0) is 22.3. The number of para-hydroxylation sites is 1. The molecule has 1 amide bonds. The maximum absolute atomic E-state index is 12.5. The molecule has 0 aliphatic rings. The van der Waals surface area contributed by atoms with Crippen molar-refractivity contribution in [3.05, 3.63) is 84.4 Å². The summed E-state index contributed by atoms with van der Waals surface area (Å²) in [5.74, 6) is 1.02. The Balaban J connectivity index is 1.61. The second-order valence-corrected chi connectivity index (χ2v) is 8.61. The van der Waals surface area contributed by atoms with Crippen LogP contribution >= 0.6 is 0 Å². The highest BCUT2D eigenvalue weighted by atomic mass is 32.2. The van der Waals surface area contributed by atoms with Crippen LogP contribution in [0.1, 0.15) is 17.3 Å². The predicted octanol–water partition coefficient (Wildman–Crippen LogP) is 4.04. The summed E-state index contributed by atoms with van der Waals surface area (Å²) in [5, 5.41) is 2.78. The van der Waals surface area contributed by atoms with E-state index in [1.54, 1.807) is 31.2 Å². The molecule has 0 saturated heterocycles. The summed E-state index contributed by atoms with van der Waals surface area (Å²) >= 11 is 0. The molecule has 0 fully saturated rings. The van der Waals surface area contributed by atoms with Crippen molar-refractivity contribution in [3.63, 3.8) is 0 Å². The molecule has 2 N–H and O–H groups in total. The Labute approximate surface area is 182 Å². The van der Waals surface area contributed by atoms with E-state index in [0.717, 1.165) is 5.75 Å². The smallest absolute Gasteiger partial charge is 0.255 e. The molecule has 0 aliphatic carbocycles. The third-order valence-electron chi connectivity index (χ3n) is 4.29. The van der Waals surface area contributed by atoms with Gasteiger partial charge in [0.25, 0.3) is 5.91 Å². The Hall–Kier alpha value is -3.20. The Morgan fingerprint density at radius 3 is 2.13 bits per heavy atom. The normalized spacial score (nSPS) is 12.2. The molecule has 0 spiro atoms. The van der Waals surface area contributed by atoms with Gasteiger partial charge in [-0.1, -0.05) is 18.2 Å². The van der Waals surface area contributed by atoms with Crippen LogP contribution in [0.25, 0.3) is 0 Å². The van der Waals surface area contributed by atoms with Crippen molar-refractivity contribution in [1.82, 2.24) is 4.72 Å². The number of nitrogens with one attached hydrogen (secondary N) is 2. The number of ether oxygens (including phenoxy) is 2. The number of amides is 1. The zero-order valence-electron chi connectivity index (χ0n) is 17.2. The van der Waals surface area contributed by atoms with Crippen molar-refractivity contribution < 1.29 is 22.7 Å². The molecule has 1 atom stereocenters. The van der Waals surface area contributed by atoms with E-state index in [2.05, 4.69) is 10.0 Å². The van der Waals surface area contributed by atoms with Crippen LogP contribution in [-0.4, -0.2) is 34.1 Å². The van der Waals surface area contributed by atoms with E-state index in [0.29, 0.717) is 17.0 Å². The van der Waals surface area contributed by atoms with Gasteiger partial charge in [0.2, 0.25) is 10.0 Å². The summed E-state index contributed by atoms with van der Waals surface area (Å²) in [7, 11) is -2.19. The van der Waals surface area contributed by atoms with Crippen molar-refractivity contribution in [1.29, 1.82) is 0 Å². The molecule has 162 valence electrons. The van der Waals surface area contributed by atoms with E-state index in [-0.39, 0.29) is 23.5 Å². The zero-order valence-corrected chi connectivity index (χ0v) is 18.1. The van der Waals surface area contributed by atoms with Gasteiger partial charge in [-0.15, -0.1) is 0 Å². The fraction of sp³-hybridized carbons (Fsp3) is 0.174. The molecule has 8 heteroatoms. The summed E-state index contributed by atoms with van der Waals surface area (Å²) in [4.78, 5) is 12.6. The monoisotopic (exact) mass is 440 g/mol. The van der Waals surface area contributed by atoms with Crippen LogP contribution < -0.4 is 14.8 Å². The number of carbonyl (C=O) groups is 1. The summed E-state index contributed by atoms with van der Waals surface area (Å²) in [6.07, 6.45) is 0. The summed E-state index contributed by atoms with van der Waals surface area (Å²) in [6, 6.07) is 21.7. The van der Waals surface area contributed by atoms with E-state index in [1.807, 2.05) is 30.3 Å². The highest BCUT2D eigenvalue weighted by Gasteiger charge is 2.18. The second-order valence-electron chi connectivity index (χ2n) is 6.90. The molecule has 3 aromatic rings. The summed E-state index contributed by atoms with van der Waals surface area (Å²) in [5.41, 5.74) is 0.936. The molecule has 3 rings (SSSR count). The van der Waals surface area contributed by atoms with E-state index in [1.165, 1.54) is 31.4 Å². The van der Waals surface area contributed by atoms with Gasteiger partial charge in [-0.2, -0.15) is 0 Å². The van der Waals surface area contributed by atoms with Crippen molar-refractivity contribution in [3.8, 4) is 11.5 Å². The Morgan fingerprint density at radius 1 is 0.903 bits per heavy atom. The number of sulfonamides is 1. The first-order valence-corrected chi connectivity index (χ1v) is 11.1. The van der Waals surface area contributed by atoms with Crippen LogP contribution in [0.5, 0.6) is 11.5 Å². The quantitative estimate of drug-likeness (QED) is 0.524. The molecule has 7 nitrogen and oxygen atoms in total. The fourth-order valence-electron chi connectivity index (χ4n) is 2.84. The first-order valence-electron chi connectivity index (χ1n) is 9.63. The van der Waals surface area contributed by atoms with Crippen molar-refractivity contribution in [2.75, 3.05) is 19.0 Å². The molecule has 0 saturated carbocycles. The van der Waals surface area contributed by atoms with Gasteiger partial charge in [-0.25, -0.2) is 13.1 Å². The van der Waals surface area contributed by atoms with Gasteiger partial charge in [-0.05, 0) is 67.6 Å². The Bertz CT molecular complexity index is 1100. The maximum Gasteiger partial charge on any atom is 0.255 e. The minimum absolute atomic E-state index is 0.0782. The lowest BCUT2D eigenvalue weighted by Gasteiger charge is -2.13. The van der Waals surface area contributed by atoms with Crippen molar-refractivity contribution in [2.24, 2.45) is 0 Å². The number of benzene rings is 3. The molecule has 0 heterocycles. The third kappa shape index (κ3) is 6.39. The highest BCUT2D eigenvalue weighted by molar-refractivity contribution is 7.89. The van der Waals surface area contributed by atoms with E-state index in [9.17, 15) is 13.2 Å². The molecule has 0 unspecified atom stereocenters. The number of hydrogen-bond donors (Lipinski definition) is 2. The number of anilines is 1. The molecule has 0 bridgehead atoms. The van der Waals surface area contributed by atoms with Crippen LogP contribution in [0.2, 0.25) is 0 Å². The van der Waals surface area contributed by atoms with Crippen molar-refractivity contribution >= 4 is 21.6 Å². The van der Waals surface area contributed by atoms with Gasteiger partial charge >= 0.3 is 0 Å². The summed E-state index contributed by atoms with van der Waals surface area (Å²) in [6.45, 7) is 1.97. The molecular weight excluding hydrogens is 416 g/mol. The van der Waals surface area contributed by atoms with Gasteiger partial charge in [-0.3, -0.25) is 4.79 Å². The lowest BCUT2D eigenvalue weighted by atomic mass is 10.2. The van der Waals surface area contributed by atoms with Crippen molar-refractivity contribution in [2.45, 2.75) is 17.9 Å². The van der Waals surface area contributed by atoms with Gasteiger partial charge in [0.15, 0.2) is 0 Å². The third-order valence-corrected chi connectivity index (χ3v) is 5.90. The Morgan fingerprint density at radius 2 is 1.52 bits per heavy atom. The van der Waals surface area contributed by atoms with Gasteiger partial charge in [0.05, 0.1) is 11.5 Å². The van der Waals surface area contributed by atoms with Crippen LogP contribution in [0.3, 0.4) is 0 Å². The first-order chi connectivity index (χ1) is 14.9. The average Bonchev–Trinajstić information content (AvgIpc) is 2.76. The van der Waals surface area contributed by atoms with Crippen LogP contribution in [0.15, 0.2) is 83.8 Å². The highest BCUT2D eigenvalue weighted by Crippen LogP contribution is 2.23. The lowest BCUT2D eigenvalue weighted by Crippen LogP contribution is -2.35. The van der Waals surface area contributed by atoms with Gasteiger partial charge in [0.1, 0.15) is 11.5 Å². The standard InChI is InChI=1S/C23H24N2O5S/c1-17(16-29-2)25-31(27,28)22-14-8-18(9-15-22)23(26)24-19-10-12-21(13-11-19)30-20-6-4-3-5-7-20/h3-15,17,25H,16H2,1-2H3,(H,24,26)/t17-/m0/s1. The van der Waals surface area contributed by atoms with Gasteiger partial charge in [0, 0.05) is 24.4 Å². The molecule has 0 aromatic heterocycles. The minimum Gasteiger partial charge on any atom is -0.457 e. The molecular formula is C23H24N2O5S. The minimum atomic E-state index is -3.69. The second kappa shape index (κ2) is 10.2. The topological polar surface area (TPSA) is 93.7 Å². The van der Waals surface area contributed by atoms with Crippen LogP contribution in [0, 0.1) is 0 Å². The predicted molar refractivity (Wildman–Crippen MR) is 119 cm³/mol. The SMILES string of the molecule is COC[C@H](C)NS(=O)(=O)c1ccc(C(=O)Nc2ccc(Oc3ccccc3)cc2)cc1. The number of methoxy groups -OCH3 is 1. The molecule has 31 heavy (non-hydrogen) atoms. The van der Waals surface area contributed by atoms with E-state index in [4.69, 9.17) is 9.47 Å². The molecule has 0 aliphatic heterocycles. The average molecular weight is 441 g/mol. The fourth-order valence-corrected chi connectivity index (χ4v) is 4.06. The van der Waals surface area contributed by atoms with Crippen LogP contribution in [-0.2, 0) is 14.8 Å². The van der Waals surface area contributed by atoms with E-state index < -0.39 is 10.0 Å². The lowest BCUT2D eigenvalue weighted by molar-refractivity contribution is 0.102. The van der Waals surface area contributed by atoms with Crippen LogP contribution in [0.4, 0.5) is 5.69 Å². The molecule has 0 radical (unpaired) electrons. The number of rotatable bonds is 9. The Kier molecular flexibility index (Phi) is 7.41. The summed E-state index contributed by atoms with van der Waals surface area (Å²) < 4.78 is 37.9. The number of hydrogen-bond acceptors (Lipinski definition) is 5. The first kappa shape index (κ1) is 22.5. The number of carbonyl (C=O) groups excluding carboxylic acids is 1.